The first-order valence-corrected chi connectivity index (χ1v) is 11.5. The molecule has 0 aliphatic heterocycles. The van der Waals surface area contributed by atoms with Gasteiger partial charge >= 0.3 is 6.18 Å². The summed E-state index contributed by atoms with van der Waals surface area (Å²) in [4.78, 5) is 14.6. The summed E-state index contributed by atoms with van der Waals surface area (Å²) in [5, 5.41) is 20.1. The fraction of sp³-hybridized carbons (Fsp3) is 0.261. The first-order valence-electron chi connectivity index (χ1n) is 10.8. The Kier molecular flexibility index (Phi) is 8.79. The van der Waals surface area contributed by atoms with Gasteiger partial charge in [0.1, 0.15) is 29.2 Å². The second-order valence-electron chi connectivity index (χ2n) is 7.83. The van der Waals surface area contributed by atoms with E-state index in [4.69, 9.17) is 10.5 Å². The smallest absolute Gasteiger partial charge is 0.410 e. The Hall–Kier alpha value is -4.32. The van der Waals surface area contributed by atoms with Crippen LogP contribution in [0.3, 0.4) is 0 Å². The van der Waals surface area contributed by atoms with Crippen LogP contribution in [-0.4, -0.2) is 43.6 Å². The lowest BCUT2D eigenvalue weighted by Crippen LogP contribution is -2.25. The van der Waals surface area contributed by atoms with Gasteiger partial charge in [-0.15, -0.1) is 3.89 Å². The summed E-state index contributed by atoms with van der Waals surface area (Å²) in [5.41, 5.74) is 7.57. The average Bonchev–Trinajstić information content (AvgIpc) is 3.48. The number of ether oxygens (including phenoxy) is 1. The molecule has 38 heavy (non-hydrogen) atoms. The number of nitriles is 1. The van der Waals surface area contributed by atoms with Gasteiger partial charge in [0.15, 0.2) is 12.3 Å². The number of anilines is 1. The number of hydrogen-bond donors (Lipinski definition) is 2. The van der Waals surface area contributed by atoms with E-state index in [1.54, 1.807) is 19.4 Å². The highest BCUT2D eigenvalue weighted by atomic mass is 32.2. The fourth-order valence-electron chi connectivity index (χ4n) is 3.60. The van der Waals surface area contributed by atoms with Crippen molar-refractivity contribution < 1.29 is 26.6 Å². The molecule has 15 heteroatoms. The molecular weight excluding hydrogens is 528 g/mol. The van der Waals surface area contributed by atoms with Crippen LogP contribution in [0.25, 0.3) is 22.2 Å². The van der Waals surface area contributed by atoms with E-state index in [1.807, 2.05) is 19.1 Å². The summed E-state index contributed by atoms with van der Waals surface area (Å²) in [7, 11) is 1.62. The van der Waals surface area contributed by atoms with Crippen molar-refractivity contribution in [1.29, 1.82) is 5.26 Å². The number of nitrogens with zero attached hydrogens (tertiary/aromatic N) is 6. The van der Waals surface area contributed by atoms with Gasteiger partial charge < -0.3 is 15.8 Å². The van der Waals surface area contributed by atoms with Crippen molar-refractivity contribution in [1.82, 2.24) is 29.3 Å². The maximum absolute atomic E-state index is 13.3. The second kappa shape index (κ2) is 11.8. The third-order valence-corrected chi connectivity index (χ3v) is 5.94. The third kappa shape index (κ3) is 5.65. The van der Waals surface area contributed by atoms with Gasteiger partial charge in [0, 0.05) is 29.3 Å². The molecule has 3 heterocycles. The van der Waals surface area contributed by atoms with Crippen LogP contribution < -0.4 is 15.8 Å². The molecular formula is C23H22F4N8O2S. The van der Waals surface area contributed by atoms with Crippen molar-refractivity contribution in [3.05, 3.63) is 53.3 Å². The number of carbonyl (C=O) groups is 1. The minimum Gasteiger partial charge on any atom is -0.481 e. The monoisotopic (exact) mass is 550 g/mol. The summed E-state index contributed by atoms with van der Waals surface area (Å²) < 4.78 is 59.1. The number of pyridine rings is 1. The lowest BCUT2D eigenvalue weighted by Gasteiger charge is -2.17. The summed E-state index contributed by atoms with van der Waals surface area (Å²) in [5.74, 6) is 0.275. The zero-order valence-corrected chi connectivity index (χ0v) is 21.1. The highest BCUT2D eigenvalue weighted by molar-refractivity contribution is 7.92. The van der Waals surface area contributed by atoms with Gasteiger partial charge in [-0.3, -0.25) is 4.79 Å². The molecule has 1 atom stereocenters. The number of nitrogens with two attached hydrogens (primary N) is 1. The fourth-order valence-corrected chi connectivity index (χ4v) is 3.96. The van der Waals surface area contributed by atoms with Gasteiger partial charge in [-0.25, -0.2) is 9.67 Å². The number of nitrogen functional groups attached to an aromatic ring is 1. The quantitative estimate of drug-likeness (QED) is 0.254. The van der Waals surface area contributed by atoms with Gasteiger partial charge in [-0.2, -0.15) is 32.7 Å². The van der Waals surface area contributed by atoms with Crippen LogP contribution in [0.15, 0.2) is 36.7 Å². The van der Waals surface area contributed by atoms with Crippen molar-refractivity contribution in [3.8, 4) is 23.2 Å². The molecule has 0 aliphatic carbocycles. The molecule has 0 radical (unpaired) electrons. The van der Waals surface area contributed by atoms with Crippen LogP contribution in [0.1, 0.15) is 29.7 Å². The molecule has 0 bridgehead atoms. The minimum atomic E-state index is -4.63. The van der Waals surface area contributed by atoms with E-state index < -0.39 is 18.0 Å². The van der Waals surface area contributed by atoms with Crippen molar-refractivity contribution in [2.45, 2.75) is 32.6 Å². The number of alkyl halides is 3. The lowest BCUT2D eigenvalue weighted by molar-refractivity contribution is -0.164. The zero-order valence-electron chi connectivity index (χ0n) is 20.3. The van der Waals surface area contributed by atoms with Crippen molar-refractivity contribution >= 4 is 35.5 Å². The summed E-state index contributed by atoms with van der Waals surface area (Å²) in [6.07, 6.45) is -1.14. The maximum Gasteiger partial charge on any atom is 0.410 e. The molecule has 10 nitrogen and oxygen atoms in total. The predicted octanol–water partition coefficient (Wildman–Crippen LogP) is 4.50. The number of rotatable bonds is 7. The Bertz CT molecular complexity index is 1480. The lowest BCUT2D eigenvalue weighted by atomic mass is 10.0. The van der Waals surface area contributed by atoms with Gasteiger partial charge in [0.2, 0.25) is 12.3 Å². The van der Waals surface area contributed by atoms with Crippen LogP contribution >= 0.6 is 12.3 Å². The largest absolute Gasteiger partial charge is 0.481 e. The van der Waals surface area contributed by atoms with Crippen LogP contribution in [0, 0.1) is 18.3 Å². The summed E-state index contributed by atoms with van der Waals surface area (Å²) in [6.45, 7) is 2.90. The van der Waals surface area contributed by atoms with Crippen molar-refractivity contribution in [2.75, 3.05) is 12.8 Å². The third-order valence-electron chi connectivity index (χ3n) is 5.53. The van der Waals surface area contributed by atoms with Crippen LogP contribution in [-0.2, 0) is 11.3 Å². The Balaban J connectivity index is 0.000000375. The van der Waals surface area contributed by atoms with Gasteiger partial charge in [-0.05, 0) is 25.5 Å². The van der Waals surface area contributed by atoms with Crippen molar-refractivity contribution in [3.63, 3.8) is 0 Å². The number of halogens is 4. The highest BCUT2D eigenvalue weighted by Crippen LogP contribution is 2.38. The van der Waals surface area contributed by atoms with E-state index in [-0.39, 0.29) is 41.2 Å². The Morgan fingerprint density at radius 3 is 2.63 bits per heavy atom. The van der Waals surface area contributed by atoms with Crippen molar-refractivity contribution in [2.24, 2.45) is 0 Å². The zero-order chi connectivity index (χ0) is 28.0. The van der Waals surface area contributed by atoms with E-state index in [1.165, 1.54) is 18.3 Å². The predicted molar refractivity (Wildman–Crippen MR) is 133 cm³/mol. The van der Waals surface area contributed by atoms with E-state index >= 15 is 0 Å². The van der Waals surface area contributed by atoms with E-state index in [0.717, 1.165) is 16.6 Å². The standard InChI is InChI=1S/C16H13F4N7OS.C7H9NO/c1-8(16(17,18)19)26-15(22)11(4-21)13(25-26)10-3-2-9(5-23-7-28)14-12(10)6-24-27(14)29-20;1-6-4-3-5-8-7(6)9-2/h2-3,6-8H,5,22H2,1H3,(H,23,28);3-5H,1-2H3. The number of aryl methyl sites for hydroxylation is 1. The number of carbonyl (C=O) groups excluding carboxylic acids is 1. The summed E-state index contributed by atoms with van der Waals surface area (Å²) >= 11 is -0.192. The maximum atomic E-state index is 13.3. The number of amides is 1. The van der Waals surface area contributed by atoms with Crippen LogP contribution in [0.4, 0.5) is 22.9 Å². The highest BCUT2D eigenvalue weighted by Gasteiger charge is 2.40. The average molecular weight is 551 g/mol. The van der Waals surface area contributed by atoms with Gasteiger partial charge in [-0.1, -0.05) is 18.2 Å². The molecule has 4 rings (SSSR count). The normalized spacial score (nSPS) is 11.8. The second-order valence-corrected chi connectivity index (χ2v) is 8.32. The molecule has 1 unspecified atom stereocenters. The molecule has 3 aromatic heterocycles. The van der Waals surface area contributed by atoms with Gasteiger partial charge in [0.05, 0.1) is 18.8 Å². The summed E-state index contributed by atoms with van der Waals surface area (Å²) in [6, 6.07) is 6.62. The Morgan fingerprint density at radius 1 is 1.34 bits per heavy atom. The molecule has 200 valence electrons. The molecule has 3 N–H and O–H groups in total. The molecule has 0 fully saturated rings. The van der Waals surface area contributed by atoms with Crippen LogP contribution in [0.5, 0.6) is 5.88 Å². The number of hydrogen-bond acceptors (Lipinski definition) is 8. The number of nitrogens with one attached hydrogen (secondary N) is 1. The number of methoxy groups -OCH3 is 1. The Labute approximate surface area is 218 Å². The molecule has 1 aromatic carbocycles. The van der Waals surface area contributed by atoms with Gasteiger partial charge in [0.25, 0.3) is 0 Å². The number of aromatic nitrogens is 5. The van der Waals surface area contributed by atoms with Crippen LogP contribution in [0.2, 0.25) is 0 Å². The molecule has 1 amide bonds. The SMILES string of the molecule is CC(n1nc(-c2ccc(CNC=O)c3c2cnn3SF)c(C#N)c1N)C(F)(F)F.COc1ncccc1C. The molecule has 0 saturated carbocycles. The number of benzene rings is 1. The Morgan fingerprint density at radius 2 is 2.08 bits per heavy atom. The van der Waals surface area contributed by atoms with E-state index in [0.29, 0.717) is 27.9 Å². The number of fused-ring (bicyclic) bond motifs is 1. The molecule has 0 aliphatic rings. The van der Waals surface area contributed by atoms with E-state index in [2.05, 4.69) is 20.5 Å². The van der Waals surface area contributed by atoms with E-state index in [9.17, 15) is 27.1 Å². The topological polar surface area (TPSA) is 137 Å². The minimum absolute atomic E-state index is 0.0688. The first kappa shape index (κ1) is 28.3. The first-order chi connectivity index (χ1) is 18.1. The molecule has 4 aromatic rings. The molecule has 0 spiro atoms. The molecule has 0 saturated heterocycles.